The molecule has 4 heteroatoms. The summed E-state index contributed by atoms with van der Waals surface area (Å²) in [4.78, 5) is 0. The van der Waals surface area contributed by atoms with Crippen molar-refractivity contribution >= 4 is 11.4 Å². The van der Waals surface area contributed by atoms with Crippen molar-refractivity contribution in [2.45, 2.75) is 174 Å². The van der Waals surface area contributed by atoms with Gasteiger partial charge in [0.25, 0.3) is 0 Å². The summed E-state index contributed by atoms with van der Waals surface area (Å²) in [7, 11) is 0. The van der Waals surface area contributed by atoms with E-state index in [2.05, 4.69) is 51.5 Å². The normalized spacial score (nSPS) is 25.1. The SMILES string of the molecule is C=C(CCC)C(CC(=N)CCC)NC1CCC(CC2CCC(N[C@H](CC(=N)CCC)C(=C)CCC)CC2)CC1. The van der Waals surface area contributed by atoms with Gasteiger partial charge in [0.15, 0.2) is 0 Å². The standard InChI is InChI=1S/C35H64N4/c1-7-11-26(5)34(24-30(36)13-9-3)38-32-19-15-28(16-20-32)23-29-17-21-33(22-18-29)39-35(27(6)12-8-2)25-31(37)14-10-4/h28-29,32-39H,5-25H2,1-4H3/t28?,29?,32?,33?,34-,35?/m1/s1. The van der Waals surface area contributed by atoms with Crippen molar-refractivity contribution in [2.75, 3.05) is 0 Å². The Balaban J connectivity index is 1.76. The first-order chi connectivity index (χ1) is 18.8. The fourth-order valence-electron chi connectivity index (χ4n) is 7.10. The van der Waals surface area contributed by atoms with Gasteiger partial charge in [-0.2, -0.15) is 0 Å². The van der Waals surface area contributed by atoms with Crippen LogP contribution in [-0.4, -0.2) is 35.6 Å². The summed E-state index contributed by atoms with van der Waals surface area (Å²) < 4.78 is 0. The third-order valence-electron chi connectivity index (χ3n) is 9.37. The average Bonchev–Trinajstić information content (AvgIpc) is 2.90. The second-order valence-electron chi connectivity index (χ2n) is 13.0. The molecule has 2 atom stereocenters. The maximum atomic E-state index is 8.38. The quantitative estimate of drug-likeness (QED) is 0.0917. The zero-order valence-corrected chi connectivity index (χ0v) is 26.3. The van der Waals surface area contributed by atoms with E-state index < -0.39 is 0 Å². The van der Waals surface area contributed by atoms with E-state index in [0.29, 0.717) is 12.1 Å². The van der Waals surface area contributed by atoms with Gasteiger partial charge in [0, 0.05) is 48.4 Å². The molecule has 4 N–H and O–H groups in total. The van der Waals surface area contributed by atoms with Gasteiger partial charge in [-0.15, -0.1) is 0 Å². The predicted molar refractivity (Wildman–Crippen MR) is 173 cm³/mol. The Morgan fingerprint density at radius 2 is 0.923 bits per heavy atom. The predicted octanol–water partition coefficient (Wildman–Crippen LogP) is 9.54. The maximum Gasteiger partial charge on any atom is 0.0331 e. The van der Waals surface area contributed by atoms with Crippen LogP contribution < -0.4 is 10.6 Å². The molecule has 2 aliphatic rings. The first kappa shape index (κ1) is 33.9. The van der Waals surface area contributed by atoms with Crippen LogP contribution in [0.15, 0.2) is 24.3 Å². The van der Waals surface area contributed by atoms with Crippen LogP contribution in [0.25, 0.3) is 0 Å². The molecule has 0 aromatic heterocycles. The Hall–Kier alpha value is -1.26. The van der Waals surface area contributed by atoms with Crippen molar-refractivity contribution < 1.29 is 0 Å². The molecule has 0 saturated heterocycles. The highest BCUT2D eigenvalue weighted by atomic mass is 15.0. The van der Waals surface area contributed by atoms with Crippen molar-refractivity contribution in [2.24, 2.45) is 11.8 Å². The van der Waals surface area contributed by atoms with Crippen molar-refractivity contribution in [3.8, 4) is 0 Å². The third-order valence-corrected chi connectivity index (χ3v) is 9.37. The van der Waals surface area contributed by atoms with Crippen LogP contribution in [-0.2, 0) is 0 Å². The fraction of sp³-hybridized carbons (Fsp3) is 0.829. The zero-order chi connectivity index (χ0) is 28.6. The lowest BCUT2D eigenvalue weighted by Crippen LogP contribution is -2.43. The van der Waals surface area contributed by atoms with Crippen LogP contribution in [0.3, 0.4) is 0 Å². The van der Waals surface area contributed by atoms with Crippen LogP contribution in [0.1, 0.15) is 150 Å². The summed E-state index contributed by atoms with van der Waals surface area (Å²) in [5, 5.41) is 24.6. The summed E-state index contributed by atoms with van der Waals surface area (Å²) in [6.07, 6.45) is 22.0. The molecule has 2 aliphatic carbocycles. The van der Waals surface area contributed by atoms with E-state index in [1.165, 1.54) is 68.9 Å². The zero-order valence-electron chi connectivity index (χ0n) is 26.3. The second kappa shape index (κ2) is 19.0. The molecule has 2 saturated carbocycles. The molecule has 0 aliphatic heterocycles. The molecule has 0 radical (unpaired) electrons. The lowest BCUT2D eigenvalue weighted by atomic mass is 9.75. The molecule has 0 aromatic rings. The summed E-state index contributed by atoms with van der Waals surface area (Å²) in [5.41, 5.74) is 4.36. The minimum absolute atomic E-state index is 0.288. The lowest BCUT2D eigenvalue weighted by Gasteiger charge is -2.37. The monoisotopic (exact) mass is 541 g/mol. The summed E-state index contributed by atoms with van der Waals surface area (Å²) in [6, 6.07) is 1.76. The van der Waals surface area contributed by atoms with Gasteiger partial charge >= 0.3 is 0 Å². The van der Waals surface area contributed by atoms with E-state index in [1.54, 1.807) is 0 Å². The van der Waals surface area contributed by atoms with Crippen LogP contribution in [0.4, 0.5) is 0 Å². The minimum atomic E-state index is 0.288. The lowest BCUT2D eigenvalue weighted by molar-refractivity contribution is 0.201. The first-order valence-electron chi connectivity index (χ1n) is 16.8. The minimum Gasteiger partial charge on any atom is -0.310 e. The first-order valence-corrected chi connectivity index (χ1v) is 16.8. The van der Waals surface area contributed by atoms with E-state index in [-0.39, 0.29) is 12.1 Å². The van der Waals surface area contributed by atoms with Gasteiger partial charge in [-0.05, 0) is 95.3 Å². The molecule has 2 rings (SSSR count). The number of rotatable bonds is 20. The fourth-order valence-corrected chi connectivity index (χ4v) is 7.10. The van der Waals surface area contributed by atoms with E-state index in [4.69, 9.17) is 10.8 Å². The van der Waals surface area contributed by atoms with Crippen molar-refractivity contribution in [1.29, 1.82) is 10.8 Å². The van der Waals surface area contributed by atoms with E-state index in [9.17, 15) is 0 Å². The van der Waals surface area contributed by atoms with E-state index in [1.807, 2.05) is 0 Å². The topological polar surface area (TPSA) is 71.8 Å². The highest BCUT2D eigenvalue weighted by Gasteiger charge is 2.29. The number of hydrogen-bond acceptors (Lipinski definition) is 4. The largest absolute Gasteiger partial charge is 0.310 e. The molecule has 0 bridgehead atoms. The Morgan fingerprint density at radius 1 is 0.590 bits per heavy atom. The Morgan fingerprint density at radius 3 is 1.23 bits per heavy atom. The van der Waals surface area contributed by atoms with Gasteiger partial charge in [-0.3, -0.25) is 0 Å². The molecule has 1 unspecified atom stereocenters. The Bertz CT molecular complexity index is 678. The highest BCUT2D eigenvalue weighted by molar-refractivity contribution is 5.82. The molecular formula is C35H64N4. The molecule has 0 spiro atoms. The molecular weight excluding hydrogens is 476 g/mol. The van der Waals surface area contributed by atoms with Crippen LogP contribution >= 0.6 is 0 Å². The van der Waals surface area contributed by atoms with Crippen molar-refractivity contribution in [3.05, 3.63) is 24.3 Å². The molecule has 224 valence electrons. The van der Waals surface area contributed by atoms with Gasteiger partial charge in [-0.1, -0.05) is 77.7 Å². The van der Waals surface area contributed by atoms with Crippen LogP contribution in [0.2, 0.25) is 0 Å². The van der Waals surface area contributed by atoms with E-state index in [0.717, 1.165) is 87.5 Å². The summed E-state index contributed by atoms with van der Waals surface area (Å²) in [5.74, 6) is 1.78. The average molecular weight is 541 g/mol. The molecule has 2 fully saturated rings. The highest BCUT2D eigenvalue weighted by Crippen LogP contribution is 2.36. The van der Waals surface area contributed by atoms with Crippen LogP contribution in [0.5, 0.6) is 0 Å². The van der Waals surface area contributed by atoms with Gasteiger partial charge in [0.1, 0.15) is 0 Å². The maximum absolute atomic E-state index is 8.38. The Kier molecular flexibility index (Phi) is 16.5. The molecule has 39 heavy (non-hydrogen) atoms. The molecule has 0 aromatic carbocycles. The van der Waals surface area contributed by atoms with Crippen LogP contribution in [0, 0.1) is 22.7 Å². The molecule has 4 nitrogen and oxygen atoms in total. The summed E-state index contributed by atoms with van der Waals surface area (Å²) >= 11 is 0. The Labute approximate surface area is 242 Å². The van der Waals surface area contributed by atoms with Gasteiger partial charge in [-0.25, -0.2) is 0 Å². The number of nitrogens with one attached hydrogen (secondary N) is 4. The van der Waals surface area contributed by atoms with Crippen molar-refractivity contribution in [1.82, 2.24) is 10.6 Å². The van der Waals surface area contributed by atoms with Gasteiger partial charge < -0.3 is 21.5 Å². The smallest absolute Gasteiger partial charge is 0.0331 e. The van der Waals surface area contributed by atoms with Gasteiger partial charge in [0.05, 0.1) is 0 Å². The van der Waals surface area contributed by atoms with Gasteiger partial charge in [0.2, 0.25) is 0 Å². The van der Waals surface area contributed by atoms with E-state index >= 15 is 0 Å². The second-order valence-corrected chi connectivity index (χ2v) is 13.0. The molecule has 0 amide bonds. The molecule has 0 heterocycles. The summed E-state index contributed by atoms with van der Waals surface area (Å²) in [6.45, 7) is 17.6. The number of hydrogen-bond donors (Lipinski definition) is 4. The third kappa shape index (κ3) is 12.9. The van der Waals surface area contributed by atoms with Crippen molar-refractivity contribution in [3.63, 3.8) is 0 Å².